The number of pyridine rings is 1. The lowest BCUT2D eigenvalue weighted by Crippen LogP contribution is -2.03. The van der Waals surface area contributed by atoms with E-state index in [1.165, 1.54) is 19.2 Å². The van der Waals surface area contributed by atoms with Gasteiger partial charge in [0.2, 0.25) is 0 Å². The maximum Gasteiger partial charge on any atom is 0.290 e. The number of hydrogen-bond acceptors (Lipinski definition) is 4. The van der Waals surface area contributed by atoms with E-state index in [0.29, 0.717) is 11.3 Å². The second-order valence-electron chi connectivity index (χ2n) is 2.68. The number of aromatic amines is 1. The van der Waals surface area contributed by atoms with Crippen LogP contribution in [0.25, 0.3) is 0 Å². The molecule has 0 bridgehead atoms. The highest BCUT2D eigenvalue weighted by Crippen LogP contribution is 2.02. The summed E-state index contributed by atoms with van der Waals surface area (Å²) in [7, 11) is 0. The Labute approximate surface area is 90.7 Å². The largest absolute Gasteiger partial charge is 0.503 e. The molecular weight excluding hydrogens is 214 g/mol. The van der Waals surface area contributed by atoms with Gasteiger partial charge in [-0.15, -0.1) is 0 Å². The minimum atomic E-state index is -0.543. The van der Waals surface area contributed by atoms with Gasteiger partial charge in [-0.05, 0) is 0 Å². The zero-order valence-corrected chi connectivity index (χ0v) is 8.85. The number of nitrogens with one attached hydrogen (secondary N) is 1. The molecular formula is C10H9NO3S. The molecule has 78 valence electrons. The number of aromatic nitrogens is 1. The number of carbonyl (C=O) groups is 1. The normalized spacial score (nSPS) is 9.13. The van der Waals surface area contributed by atoms with Crippen molar-refractivity contribution >= 4 is 16.9 Å². The van der Waals surface area contributed by atoms with Gasteiger partial charge in [-0.1, -0.05) is 23.6 Å². The van der Waals surface area contributed by atoms with Crippen LogP contribution in [0.5, 0.6) is 5.75 Å². The third-order valence-electron chi connectivity index (χ3n) is 1.46. The number of hydrogen-bond donors (Lipinski definition) is 2. The number of H-pyrrole nitrogens is 1. The smallest absolute Gasteiger partial charge is 0.290 e. The molecule has 0 aliphatic rings. The van der Waals surface area contributed by atoms with Crippen LogP contribution in [0, 0.1) is 11.8 Å². The summed E-state index contributed by atoms with van der Waals surface area (Å²) >= 11 is 1.11. The fourth-order valence-electron chi connectivity index (χ4n) is 0.820. The summed E-state index contributed by atoms with van der Waals surface area (Å²) in [5.74, 6) is 5.49. The van der Waals surface area contributed by atoms with Crippen molar-refractivity contribution < 1.29 is 9.90 Å². The summed E-state index contributed by atoms with van der Waals surface area (Å²) in [6.45, 7) is 1.47. The minimum Gasteiger partial charge on any atom is -0.503 e. The van der Waals surface area contributed by atoms with Crippen LogP contribution < -0.4 is 5.56 Å². The van der Waals surface area contributed by atoms with Crippen LogP contribution in [0.3, 0.4) is 0 Å². The van der Waals surface area contributed by atoms with E-state index in [2.05, 4.69) is 16.8 Å². The van der Waals surface area contributed by atoms with E-state index in [9.17, 15) is 9.59 Å². The maximum atomic E-state index is 10.8. The van der Waals surface area contributed by atoms with Crippen molar-refractivity contribution in [3.63, 3.8) is 0 Å². The van der Waals surface area contributed by atoms with E-state index in [-0.39, 0.29) is 10.9 Å². The molecule has 0 unspecified atom stereocenters. The number of thioether (sulfide) groups is 1. The van der Waals surface area contributed by atoms with Crippen LogP contribution in [-0.2, 0) is 4.79 Å². The summed E-state index contributed by atoms with van der Waals surface area (Å²) in [6, 6.07) is 1.28. The van der Waals surface area contributed by atoms with E-state index in [4.69, 9.17) is 5.11 Å². The lowest BCUT2D eigenvalue weighted by Gasteiger charge is -1.91. The first-order valence-corrected chi connectivity index (χ1v) is 5.12. The molecule has 1 rings (SSSR count). The van der Waals surface area contributed by atoms with Crippen LogP contribution in [-0.4, -0.2) is 21.0 Å². The van der Waals surface area contributed by atoms with Gasteiger partial charge in [0, 0.05) is 24.8 Å². The Hall–Kier alpha value is -1.67. The van der Waals surface area contributed by atoms with Crippen LogP contribution in [0.15, 0.2) is 17.1 Å². The zero-order valence-electron chi connectivity index (χ0n) is 8.03. The topological polar surface area (TPSA) is 70.2 Å². The van der Waals surface area contributed by atoms with Gasteiger partial charge in [-0.3, -0.25) is 9.59 Å². The molecule has 0 atom stereocenters. The number of aromatic hydroxyl groups is 1. The molecule has 0 saturated carbocycles. The van der Waals surface area contributed by atoms with Crippen molar-refractivity contribution in [1.29, 1.82) is 0 Å². The second kappa shape index (κ2) is 5.27. The summed E-state index contributed by atoms with van der Waals surface area (Å²) in [4.78, 5) is 23.7. The number of rotatable bonds is 1. The minimum absolute atomic E-state index is 0.00798. The van der Waals surface area contributed by atoms with Crippen molar-refractivity contribution in [1.82, 2.24) is 4.98 Å². The van der Waals surface area contributed by atoms with Gasteiger partial charge in [0.15, 0.2) is 10.9 Å². The average molecular weight is 223 g/mol. The Morgan fingerprint density at radius 2 is 2.40 bits per heavy atom. The summed E-state index contributed by atoms with van der Waals surface area (Å²) in [5.41, 5.74) is -0.0325. The van der Waals surface area contributed by atoms with Gasteiger partial charge in [0.1, 0.15) is 0 Å². The highest BCUT2D eigenvalue weighted by molar-refractivity contribution is 8.13. The fourth-order valence-corrected chi connectivity index (χ4v) is 1.17. The molecule has 0 fully saturated rings. The van der Waals surface area contributed by atoms with Crippen molar-refractivity contribution in [2.24, 2.45) is 0 Å². The molecule has 0 aliphatic carbocycles. The van der Waals surface area contributed by atoms with Gasteiger partial charge in [0.25, 0.3) is 5.56 Å². The molecule has 5 heteroatoms. The molecule has 4 nitrogen and oxygen atoms in total. The average Bonchev–Trinajstić information content (AvgIpc) is 2.18. The Morgan fingerprint density at radius 1 is 1.67 bits per heavy atom. The summed E-state index contributed by atoms with van der Waals surface area (Å²) in [5, 5.41) is 9.08. The lowest BCUT2D eigenvalue weighted by atomic mass is 10.3. The van der Waals surface area contributed by atoms with E-state index < -0.39 is 5.56 Å². The molecule has 0 spiro atoms. The highest BCUT2D eigenvalue weighted by atomic mass is 32.2. The predicted octanol–water partition coefficient (Wildman–Crippen LogP) is 0.712. The third kappa shape index (κ3) is 3.92. The van der Waals surface area contributed by atoms with Gasteiger partial charge in [-0.2, -0.15) is 0 Å². The summed E-state index contributed by atoms with van der Waals surface area (Å²) in [6.07, 6.45) is 1.41. The highest BCUT2D eigenvalue weighted by Gasteiger charge is 1.95. The summed E-state index contributed by atoms with van der Waals surface area (Å²) < 4.78 is 0. The molecule has 15 heavy (non-hydrogen) atoms. The van der Waals surface area contributed by atoms with E-state index in [1.54, 1.807) is 0 Å². The SMILES string of the molecule is CC(=O)SCC#Cc1c[nH]c(=O)c(O)c1. The fraction of sp³-hybridized carbons (Fsp3) is 0.200. The standard InChI is InChI=1S/C10H9NO3S/c1-7(12)15-4-2-3-8-5-9(13)10(14)11-6-8/h5-6,13H,4H2,1H3,(H,11,14). The van der Waals surface area contributed by atoms with Gasteiger partial charge < -0.3 is 10.1 Å². The molecule has 0 aliphatic heterocycles. The lowest BCUT2D eigenvalue weighted by molar-refractivity contribution is -0.109. The predicted molar refractivity (Wildman–Crippen MR) is 58.7 cm³/mol. The van der Waals surface area contributed by atoms with Crippen LogP contribution >= 0.6 is 11.8 Å². The molecule has 2 N–H and O–H groups in total. The van der Waals surface area contributed by atoms with E-state index in [0.717, 1.165) is 11.8 Å². The van der Waals surface area contributed by atoms with Crippen molar-refractivity contribution in [3.05, 3.63) is 28.2 Å². The third-order valence-corrected chi connectivity index (χ3v) is 2.16. The Balaban J connectivity index is 2.68. The Bertz CT molecular complexity index is 481. The molecule has 0 aromatic carbocycles. The molecule has 0 radical (unpaired) electrons. The van der Waals surface area contributed by atoms with Gasteiger partial charge >= 0.3 is 0 Å². The Kier molecular flexibility index (Phi) is 4.01. The first-order chi connectivity index (χ1) is 7.09. The second-order valence-corrected chi connectivity index (χ2v) is 3.84. The first-order valence-electron chi connectivity index (χ1n) is 4.13. The zero-order chi connectivity index (χ0) is 11.3. The van der Waals surface area contributed by atoms with Crippen molar-refractivity contribution in [3.8, 4) is 17.6 Å². The molecule has 1 aromatic heterocycles. The number of carbonyl (C=O) groups excluding carboxylic acids is 1. The van der Waals surface area contributed by atoms with Crippen LogP contribution in [0.1, 0.15) is 12.5 Å². The first kappa shape index (κ1) is 11.4. The van der Waals surface area contributed by atoms with Crippen LogP contribution in [0.2, 0.25) is 0 Å². The van der Waals surface area contributed by atoms with E-state index >= 15 is 0 Å². The van der Waals surface area contributed by atoms with Crippen molar-refractivity contribution in [2.45, 2.75) is 6.92 Å². The van der Waals surface area contributed by atoms with E-state index in [1.807, 2.05) is 0 Å². The molecule has 1 aromatic rings. The van der Waals surface area contributed by atoms with Crippen molar-refractivity contribution in [2.75, 3.05) is 5.75 Å². The maximum absolute atomic E-state index is 10.8. The molecule has 0 amide bonds. The molecule has 0 saturated heterocycles. The van der Waals surface area contributed by atoms with Gasteiger partial charge in [-0.25, -0.2) is 0 Å². The monoisotopic (exact) mass is 223 g/mol. The quantitative estimate of drug-likeness (QED) is 0.688. The molecule has 1 heterocycles. The van der Waals surface area contributed by atoms with Gasteiger partial charge in [0.05, 0.1) is 5.75 Å². The van der Waals surface area contributed by atoms with Crippen LogP contribution in [0.4, 0.5) is 0 Å². The Morgan fingerprint density at radius 3 is 3.00 bits per heavy atom.